The number of ketones is 1. The number of nitrogens with zero attached hydrogens (tertiary/aromatic N) is 2. The molecule has 0 saturated heterocycles. The number of pyridine rings is 1. The molecule has 3 rings (SSSR count). The van der Waals surface area contributed by atoms with Gasteiger partial charge in [-0.3, -0.25) is 29.1 Å². The first-order chi connectivity index (χ1) is 14.0. The van der Waals surface area contributed by atoms with E-state index in [2.05, 4.69) is 5.32 Å². The normalized spacial score (nSPS) is 11.4. The van der Waals surface area contributed by atoms with Gasteiger partial charge in [0.1, 0.15) is 0 Å². The summed E-state index contributed by atoms with van der Waals surface area (Å²) in [5.41, 5.74) is -0.0246. The maximum atomic E-state index is 13.1. The fraction of sp³-hybridized carbons (Fsp3) is 0.0952. The molecule has 8 heteroatoms. The minimum absolute atomic E-state index is 0.0326. The molecule has 0 fully saturated rings. The number of hydrogen-bond acceptors (Lipinski definition) is 5. The highest BCUT2D eigenvalue weighted by Gasteiger charge is 2.30. The molecule has 0 unspecified atom stereocenters. The van der Waals surface area contributed by atoms with Crippen LogP contribution in [0.25, 0.3) is 0 Å². The molecule has 0 aliphatic carbocycles. The van der Waals surface area contributed by atoms with E-state index < -0.39 is 28.2 Å². The fourth-order valence-electron chi connectivity index (χ4n) is 2.84. The quantitative estimate of drug-likeness (QED) is 0.288. The van der Waals surface area contributed by atoms with Gasteiger partial charge in [0.05, 0.1) is 4.92 Å². The molecule has 0 spiro atoms. The van der Waals surface area contributed by atoms with Gasteiger partial charge in [-0.25, -0.2) is 0 Å². The zero-order valence-corrected chi connectivity index (χ0v) is 15.2. The topological polar surface area (TPSA) is 111 Å². The molecule has 1 aromatic heterocycles. The van der Waals surface area contributed by atoms with E-state index in [0.717, 1.165) is 16.2 Å². The fourth-order valence-corrected chi connectivity index (χ4v) is 2.84. The molecule has 1 atom stereocenters. The first-order valence-corrected chi connectivity index (χ1v) is 8.75. The van der Waals surface area contributed by atoms with Crippen LogP contribution in [0.1, 0.15) is 22.0 Å². The molecular weight excluding hydrogens is 374 g/mol. The van der Waals surface area contributed by atoms with Crippen molar-refractivity contribution in [2.24, 2.45) is 0 Å². The molecule has 29 heavy (non-hydrogen) atoms. The number of carbonyl (C=O) groups excluding carboxylic acids is 2. The van der Waals surface area contributed by atoms with Gasteiger partial charge >= 0.3 is 0 Å². The van der Waals surface area contributed by atoms with Crippen LogP contribution < -0.4 is 10.9 Å². The van der Waals surface area contributed by atoms with Crippen molar-refractivity contribution >= 4 is 17.4 Å². The lowest BCUT2D eigenvalue weighted by molar-refractivity contribution is -0.384. The van der Waals surface area contributed by atoms with E-state index in [9.17, 15) is 24.5 Å². The highest BCUT2D eigenvalue weighted by Crippen LogP contribution is 2.19. The second kappa shape index (κ2) is 8.75. The molecule has 0 saturated carbocycles. The Bertz CT molecular complexity index is 1110. The van der Waals surface area contributed by atoms with Crippen molar-refractivity contribution in [3.63, 3.8) is 0 Å². The minimum Gasteiger partial charge on any atom is -0.350 e. The third kappa shape index (κ3) is 4.62. The van der Waals surface area contributed by atoms with Crippen LogP contribution in [-0.4, -0.2) is 21.2 Å². The van der Waals surface area contributed by atoms with Crippen molar-refractivity contribution in [2.45, 2.75) is 12.6 Å². The van der Waals surface area contributed by atoms with Gasteiger partial charge in [-0.1, -0.05) is 48.5 Å². The van der Waals surface area contributed by atoms with E-state index >= 15 is 0 Å². The van der Waals surface area contributed by atoms with Crippen LogP contribution in [0.4, 0.5) is 5.69 Å². The maximum Gasteiger partial charge on any atom is 0.270 e. The highest BCUT2D eigenvalue weighted by atomic mass is 16.6. The summed E-state index contributed by atoms with van der Waals surface area (Å²) in [4.78, 5) is 48.6. The van der Waals surface area contributed by atoms with E-state index in [-0.39, 0.29) is 17.8 Å². The maximum absolute atomic E-state index is 13.1. The third-order valence-corrected chi connectivity index (χ3v) is 4.28. The summed E-state index contributed by atoms with van der Waals surface area (Å²) in [5.74, 6) is -1.40. The van der Waals surface area contributed by atoms with Gasteiger partial charge in [-0.15, -0.1) is 0 Å². The van der Waals surface area contributed by atoms with E-state index in [0.29, 0.717) is 0 Å². The number of aromatic nitrogens is 1. The Morgan fingerprint density at radius 2 is 1.72 bits per heavy atom. The van der Waals surface area contributed by atoms with Crippen LogP contribution in [0, 0.1) is 10.1 Å². The lowest BCUT2D eigenvalue weighted by Gasteiger charge is -2.18. The van der Waals surface area contributed by atoms with Crippen molar-refractivity contribution in [2.75, 3.05) is 0 Å². The number of rotatable bonds is 7. The Kier molecular flexibility index (Phi) is 5.94. The Morgan fingerprint density at radius 3 is 2.41 bits per heavy atom. The highest BCUT2D eigenvalue weighted by molar-refractivity contribution is 6.12. The van der Waals surface area contributed by atoms with E-state index in [1.807, 2.05) is 30.3 Å². The average Bonchev–Trinajstić information content (AvgIpc) is 2.74. The molecule has 8 nitrogen and oxygen atoms in total. The number of nitro groups is 1. The summed E-state index contributed by atoms with van der Waals surface area (Å²) in [7, 11) is 0. The summed E-state index contributed by atoms with van der Waals surface area (Å²) in [6.07, 6.45) is 1.34. The second-order valence-corrected chi connectivity index (χ2v) is 6.22. The van der Waals surface area contributed by atoms with Gasteiger partial charge in [0, 0.05) is 36.5 Å². The van der Waals surface area contributed by atoms with Gasteiger partial charge in [0.25, 0.3) is 17.2 Å². The van der Waals surface area contributed by atoms with Gasteiger partial charge in [-0.05, 0) is 11.6 Å². The SMILES string of the molecule is O=C(NCc1ccccc1)[C@@H](C(=O)c1cccc([N+](=O)[O-])c1)n1ccccc1=O. The number of carbonyl (C=O) groups is 2. The van der Waals surface area contributed by atoms with Crippen molar-refractivity contribution in [3.8, 4) is 0 Å². The van der Waals surface area contributed by atoms with E-state index in [4.69, 9.17) is 0 Å². The Labute approximate surface area is 165 Å². The number of nitrogens with one attached hydrogen (secondary N) is 1. The summed E-state index contributed by atoms with van der Waals surface area (Å²) in [6.45, 7) is 0.167. The third-order valence-electron chi connectivity index (χ3n) is 4.28. The zero-order chi connectivity index (χ0) is 20.8. The lowest BCUT2D eigenvalue weighted by Crippen LogP contribution is -2.41. The van der Waals surface area contributed by atoms with Gasteiger partial charge < -0.3 is 5.32 Å². The predicted molar refractivity (Wildman–Crippen MR) is 105 cm³/mol. The first kappa shape index (κ1) is 19.7. The summed E-state index contributed by atoms with van der Waals surface area (Å²) in [6, 6.07) is 16.9. The van der Waals surface area contributed by atoms with Crippen LogP contribution >= 0.6 is 0 Å². The van der Waals surface area contributed by atoms with Crippen LogP contribution in [0.3, 0.4) is 0 Å². The van der Waals surface area contributed by atoms with Gasteiger partial charge in [-0.2, -0.15) is 0 Å². The lowest BCUT2D eigenvalue weighted by atomic mass is 10.0. The molecule has 0 bridgehead atoms. The molecule has 2 aromatic carbocycles. The number of hydrogen-bond donors (Lipinski definition) is 1. The standard InChI is InChI=1S/C21H17N3O5/c25-18-11-4-5-12-23(18)19(21(27)22-14-15-7-2-1-3-8-15)20(26)16-9-6-10-17(13-16)24(28)29/h1-13,19H,14H2,(H,22,27)/t19-/m1/s1. The molecule has 1 heterocycles. The largest absolute Gasteiger partial charge is 0.350 e. The van der Waals surface area contributed by atoms with Gasteiger partial charge in [0.2, 0.25) is 0 Å². The van der Waals surface area contributed by atoms with Gasteiger partial charge in [0.15, 0.2) is 11.8 Å². The van der Waals surface area contributed by atoms with Crippen molar-refractivity contribution in [1.29, 1.82) is 0 Å². The molecule has 0 aliphatic heterocycles. The number of benzene rings is 2. The van der Waals surface area contributed by atoms with Crippen LogP contribution in [0.2, 0.25) is 0 Å². The second-order valence-electron chi connectivity index (χ2n) is 6.22. The Morgan fingerprint density at radius 1 is 1.00 bits per heavy atom. The average molecular weight is 391 g/mol. The first-order valence-electron chi connectivity index (χ1n) is 8.75. The predicted octanol–water partition coefficient (Wildman–Crippen LogP) is 2.50. The van der Waals surface area contributed by atoms with Crippen LogP contribution in [-0.2, 0) is 11.3 Å². The number of non-ortho nitro benzene ring substituents is 1. The van der Waals surface area contributed by atoms with Crippen molar-refractivity contribution < 1.29 is 14.5 Å². The number of amides is 1. The monoisotopic (exact) mass is 391 g/mol. The van der Waals surface area contributed by atoms with E-state index in [1.54, 1.807) is 0 Å². The number of Topliss-reactive ketones (excluding diaryl/α,β-unsaturated/α-hetero) is 1. The zero-order valence-electron chi connectivity index (χ0n) is 15.2. The Balaban J connectivity index is 1.95. The molecule has 0 aliphatic rings. The van der Waals surface area contributed by atoms with E-state index in [1.165, 1.54) is 42.6 Å². The van der Waals surface area contributed by atoms with Crippen molar-refractivity contribution in [3.05, 3.63) is 111 Å². The summed E-state index contributed by atoms with van der Waals surface area (Å²) in [5, 5.41) is 13.7. The summed E-state index contributed by atoms with van der Waals surface area (Å²) >= 11 is 0. The van der Waals surface area contributed by atoms with Crippen LogP contribution in [0.15, 0.2) is 83.8 Å². The number of nitro benzene ring substituents is 1. The van der Waals surface area contributed by atoms with Crippen LogP contribution in [0.5, 0.6) is 0 Å². The van der Waals surface area contributed by atoms with Crippen molar-refractivity contribution in [1.82, 2.24) is 9.88 Å². The minimum atomic E-state index is -1.49. The Hall–Kier alpha value is -4.07. The molecule has 1 amide bonds. The molecule has 3 aromatic rings. The molecule has 146 valence electrons. The smallest absolute Gasteiger partial charge is 0.270 e. The molecule has 1 N–H and O–H groups in total. The summed E-state index contributed by atoms with van der Waals surface area (Å²) < 4.78 is 1.02. The molecule has 0 radical (unpaired) electrons. The molecular formula is C21H17N3O5.